The Kier molecular flexibility index (Phi) is 3.46. The highest BCUT2D eigenvalue weighted by Gasteiger charge is 2.29. The van der Waals surface area contributed by atoms with Crippen molar-refractivity contribution in [3.63, 3.8) is 0 Å². The van der Waals surface area contributed by atoms with Crippen molar-refractivity contribution < 1.29 is 0 Å². The van der Waals surface area contributed by atoms with E-state index in [1.54, 1.807) is 0 Å². The molecule has 94 valence electrons. The molecule has 0 fully saturated rings. The molecule has 2 heterocycles. The van der Waals surface area contributed by atoms with Crippen LogP contribution in [-0.2, 0) is 0 Å². The first-order chi connectivity index (χ1) is 8.13. The lowest BCUT2D eigenvalue weighted by molar-refractivity contribution is 0.683. The van der Waals surface area contributed by atoms with Crippen LogP contribution in [0.5, 0.6) is 0 Å². The number of hydrogen-bond acceptors (Lipinski definition) is 6. The van der Waals surface area contributed by atoms with E-state index in [9.17, 15) is 4.79 Å². The number of nitrogens with zero attached hydrogens (tertiary/aromatic N) is 2. The van der Waals surface area contributed by atoms with Gasteiger partial charge in [-0.1, -0.05) is 19.8 Å². The van der Waals surface area contributed by atoms with E-state index in [2.05, 4.69) is 34.8 Å². The van der Waals surface area contributed by atoms with Gasteiger partial charge in [-0.05, 0) is 6.42 Å². The Morgan fingerprint density at radius 3 is 3.00 bits per heavy atom. The molecule has 0 saturated carbocycles. The summed E-state index contributed by atoms with van der Waals surface area (Å²) in [6.07, 6.45) is 3.34. The fourth-order valence-electron chi connectivity index (χ4n) is 1.90. The fraction of sp³-hybridized carbons (Fsp3) is 0.600. The van der Waals surface area contributed by atoms with Crippen LogP contribution >= 0.6 is 12.6 Å². The molecule has 0 amide bonds. The molecule has 0 bridgehead atoms. The number of H-pyrrole nitrogens is 1. The Balaban J connectivity index is 2.24. The number of nitrogens with two attached hydrogens (primary N) is 1. The topological polar surface area (TPSA) is 87.0 Å². The number of anilines is 3. The van der Waals surface area contributed by atoms with E-state index in [1.807, 2.05) is 4.90 Å². The summed E-state index contributed by atoms with van der Waals surface area (Å²) in [5.41, 5.74) is 5.55. The van der Waals surface area contributed by atoms with Gasteiger partial charge >= 0.3 is 0 Å². The summed E-state index contributed by atoms with van der Waals surface area (Å²) in [5, 5.41) is 3.00. The fourth-order valence-corrected chi connectivity index (χ4v) is 2.25. The van der Waals surface area contributed by atoms with Crippen LogP contribution in [0.3, 0.4) is 0 Å². The smallest absolute Gasteiger partial charge is 0.277 e. The van der Waals surface area contributed by atoms with Gasteiger partial charge in [0.05, 0.1) is 0 Å². The van der Waals surface area contributed by atoms with Crippen molar-refractivity contribution in [3.8, 4) is 0 Å². The van der Waals surface area contributed by atoms with Gasteiger partial charge in [0.1, 0.15) is 11.2 Å². The van der Waals surface area contributed by atoms with E-state index in [0.717, 1.165) is 25.8 Å². The van der Waals surface area contributed by atoms with E-state index < -0.39 is 0 Å². The van der Waals surface area contributed by atoms with Gasteiger partial charge in [-0.3, -0.25) is 9.78 Å². The van der Waals surface area contributed by atoms with Crippen LogP contribution in [0, 0.1) is 0 Å². The van der Waals surface area contributed by atoms with E-state index in [-0.39, 0.29) is 17.0 Å². The normalized spacial score (nSPS) is 18.0. The maximum Gasteiger partial charge on any atom is 0.277 e. The van der Waals surface area contributed by atoms with Crippen molar-refractivity contribution in [2.24, 2.45) is 0 Å². The van der Waals surface area contributed by atoms with Crippen LogP contribution in [0.4, 0.5) is 17.5 Å². The second-order valence-corrected chi connectivity index (χ2v) is 4.56. The number of nitrogen functional groups attached to an aromatic ring is 1. The SMILES string of the molecule is CCCCCN1c2nc(N)[nH]c(=O)c2NC1S. The lowest BCUT2D eigenvalue weighted by Gasteiger charge is -2.21. The number of fused-ring (bicyclic) bond motifs is 1. The van der Waals surface area contributed by atoms with Crippen LogP contribution in [0.15, 0.2) is 4.79 Å². The third kappa shape index (κ3) is 2.33. The minimum absolute atomic E-state index is 0.137. The number of thiol groups is 1. The van der Waals surface area contributed by atoms with Crippen molar-refractivity contribution in [2.75, 3.05) is 22.5 Å². The number of aromatic nitrogens is 2. The largest absolute Gasteiger partial charge is 0.369 e. The summed E-state index contributed by atoms with van der Waals surface area (Å²) in [4.78, 5) is 20.2. The lowest BCUT2D eigenvalue weighted by atomic mass is 10.2. The maximum absolute atomic E-state index is 11.7. The van der Waals surface area contributed by atoms with Gasteiger partial charge in [0, 0.05) is 6.54 Å². The Bertz CT molecular complexity index is 460. The van der Waals surface area contributed by atoms with Gasteiger partial charge < -0.3 is 16.0 Å². The molecule has 6 nitrogen and oxygen atoms in total. The molecule has 1 unspecified atom stereocenters. The third-order valence-electron chi connectivity index (χ3n) is 2.76. The first-order valence-corrected chi connectivity index (χ1v) is 6.26. The third-order valence-corrected chi connectivity index (χ3v) is 3.17. The maximum atomic E-state index is 11.7. The standard InChI is InChI=1S/C10H17N5OS/c1-2-3-4-5-15-7-6(12-10(15)17)8(16)14-9(11)13-7/h10,12,17H,2-5H2,1H3,(H3,11,13,14,16). The van der Waals surface area contributed by atoms with Gasteiger partial charge in [0.15, 0.2) is 5.82 Å². The van der Waals surface area contributed by atoms with Gasteiger partial charge in [-0.25, -0.2) is 0 Å². The zero-order valence-corrected chi connectivity index (χ0v) is 10.6. The molecule has 7 heteroatoms. The molecule has 0 aliphatic carbocycles. The number of rotatable bonds is 4. The van der Waals surface area contributed by atoms with Crippen LogP contribution < -0.4 is 21.5 Å². The predicted molar refractivity (Wildman–Crippen MR) is 72.5 cm³/mol. The average Bonchev–Trinajstić information content (AvgIpc) is 2.57. The van der Waals surface area contributed by atoms with Crippen molar-refractivity contribution in [3.05, 3.63) is 10.4 Å². The molecule has 0 aromatic carbocycles. The molecule has 1 aromatic rings. The molecular weight excluding hydrogens is 238 g/mol. The van der Waals surface area contributed by atoms with Crippen LogP contribution in [-0.4, -0.2) is 22.0 Å². The quantitative estimate of drug-likeness (QED) is 0.476. The van der Waals surface area contributed by atoms with Gasteiger partial charge in [0.25, 0.3) is 5.56 Å². The highest BCUT2D eigenvalue weighted by Crippen LogP contribution is 2.31. The number of aromatic amines is 1. The average molecular weight is 255 g/mol. The van der Waals surface area contributed by atoms with Crippen molar-refractivity contribution >= 4 is 30.1 Å². The second kappa shape index (κ2) is 4.87. The molecule has 0 saturated heterocycles. The first-order valence-electron chi connectivity index (χ1n) is 5.74. The summed E-state index contributed by atoms with van der Waals surface area (Å²) in [5.74, 6) is 0.737. The molecule has 1 aliphatic rings. The Labute approximate surface area is 105 Å². The summed E-state index contributed by atoms with van der Waals surface area (Å²) in [7, 11) is 0. The molecule has 0 spiro atoms. The molecule has 17 heavy (non-hydrogen) atoms. The highest BCUT2D eigenvalue weighted by atomic mass is 32.1. The van der Waals surface area contributed by atoms with E-state index >= 15 is 0 Å². The number of hydrogen-bond donors (Lipinski definition) is 4. The molecule has 4 N–H and O–H groups in total. The van der Waals surface area contributed by atoms with Crippen LogP contribution in [0.1, 0.15) is 26.2 Å². The predicted octanol–water partition coefficient (Wildman–Crippen LogP) is 0.988. The number of nitrogens with one attached hydrogen (secondary N) is 2. The Morgan fingerprint density at radius 2 is 2.29 bits per heavy atom. The molecule has 1 atom stereocenters. The lowest BCUT2D eigenvalue weighted by Crippen LogP contribution is -2.32. The Morgan fingerprint density at radius 1 is 1.53 bits per heavy atom. The molecule has 0 radical (unpaired) electrons. The molecule has 1 aliphatic heterocycles. The summed E-state index contributed by atoms with van der Waals surface area (Å²) in [6.45, 7) is 2.97. The molecule has 1 aromatic heterocycles. The van der Waals surface area contributed by atoms with Crippen molar-refractivity contribution in [1.29, 1.82) is 0 Å². The summed E-state index contributed by atoms with van der Waals surface area (Å²) >= 11 is 4.40. The van der Waals surface area contributed by atoms with Crippen LogP contribution in [0.25, 0.3) is 0 Å². The van der Waals surface area contributed by atoms with Gasteiger partial charge in [-0.15, -0.1) is 12.6 Å². The monoisotopic (exact) mass is 255 g/mol. The second-order valence-electron chi connectivity index (χ2n) is 4.07. The highest BCUT2D eigenvalue weighted by molar-refractivity contribution is 7.81. The Hall–Kier alpha value is -1.37. The minimum atomic E-state index is -0.246. The van der Waals surface area contributed by atoms with E-state index in [0.29, 0.717) is 11.5 Å². The zero-order valence-electron chi connectivity index (χ0n) is 9.73. The van der Waals surface area contributed by atoms with E-state index in [1.165, 1.54) is 0 Å². The van der Waals surface area contributed by atoms with Crippen LogP contribution in [0.2, 0.25) is 0 Å². The molecular formula is C10H17N5OS. The van der Waals surface area contributed by atoms with Gasteiger partial charge in [-0.2, -0.15) is 4.98 Å². The van der Waals surface area contributed by atoms with Crippen molar-refractivity contribution in [2.45, 2.75) is 31.7 Å². The van der Waals surface area contributed by atoms with Gasteiger partial charge in [0.2, 0.25) is 5.95 Å². The van der Waals surface area contributed by atoms with Crippen molar-refractivity contribution in [1.82, 2.24) is 9.97 Å². The first kappa shape index (κ1) is 12.1. The van der Waals surface area contributed by atoms with E-state index in [4.69, 9.17) is 5.73 Å². The number of unbranched alkanes of at least 4 members (excludes halogenated alkanes) is 2. The summed E-state index contributed by atoms with van der Waals surface area (Å²) < 4.78 is 0. The minimum Gasteiger partial charge on any atom is -0.369 e. The zero-order chi connectivity index (χ0) is 12.4. The molecule has 2 rings (SSSR count). The summed E-state index contributed by atoms with van der Waals surface area (Å²) in [6, 6.07) is 0.